The van der Waals surface area contributed by atoms with Gasteiger partial charge in [0.15, 0.2) is 0 Å². The molecule has 1 heterocycles. The second-order valence-electron chi connectivity index (χ2n) is 7.26. The molecule has 0 atom stereocenters. The maximum Gasteiger partial charge on any atom is 0.416 e. The minimum absolute atomic E-state index is 0.0128. The summed E-state index contributed by atoms with van der Waals surface area (Å²) in [7, 11) is 1.43. The molecule has 5 nitrogen and oxygen atoms in total. The van der Waals surface area contributed by atoms with Gasteiger partial charge in [0.25, 0.3) is 0 Å². The van der Waals surface area contributed by atoms with Gasteiger partial charge in [-0.1, -0.05) is 0 Å². The Labute approximate surface area is 183 Å². The number of carbonyl (C=O) groups is 2. The lowest BCUT2D eigenvalue weighted by molar-refractivity contribution is -0.143. The SMILES string of the molecule is CN1C(=O)CN(C(=O)CCCOc2cc(C(F)(F)F)cc(C(F)(F)F)c2)c2ccc(F)cc21. The average Bonchev–Trinajstić information content (AvgIpc) is 2.72. The maximum atomic E-state index is 13.5. The van der Waals surface area contributed by atoms with Crippen LogP contribution in [0.5, 0.6) is 5.75 Å². The maximum absolute atomic E-state index is 13.5. The summed E-state index contributed by atoms with van der Waals surface area (Å²) < 4.78 is 96.1. The first-order valence-electron chi connectivity index (χ1n) is 9.56. The van der Waals surface area contributed by atoms with Crippen LogP contribution in [0.15, 0.2) is 36.4 Å². The predicted octanol–water partition coefficient (Wildman–Crippen LogP) is 5.03. The van der Waals surface area contributed by atoms with Crippen LogP contribution >= 0.6 is 0 Å². The van der Waals surface area contributed by atoms with E-state index in [4.69, 9.17) is 4.74 Å². The van der Waals surface area contributed by atoms with Gasteiger partial charge < -0.3 is 14.5 Å². The smallest absolute Gasteiger partial charge is 0.416 e. The molecule has 2 amide bonds. The topological polar surface area (TPSA) is 49.9 Å². The summed E-state index contributed by atoms with van der Waals surface area (Å²) in [6.45, 7) is -0.639. The van der Waals surface area contributed by atoms with Crippen LogP contribution in [0.25, 0.3) is 0 Å². The molecule has 2 aromatic rings. The van der Waals surface area contributed by atoms with Crippen molar-refractivity contribution in [2.45, 2.75) is 25.2 Å². The van der Waals surface area contributed by atoms with Gasteiger partial charge in [0.1, 0.15) is 18.1 Å². The highest BCUT2D eigenvalue weighted by Crippen LogP contribution is 2.38. The molecule has 0 unspecified atom stereocenters. The number of amides is 2. The molecule has 0 aromatic heterocycles. The third-order valence-electron chi connectivity index (χ3n) is 4.92. The summed E-state index contributed by atoms with van der Waals surface area (Å²) in [6.07, 6.45) is -10.3. The number of benzene rings is 2. The number of nitrogens with zero attached hydrogens (tertiary/aromatic N) is 2. The van der Waals surface area contributed by atoms with Crippen molar-refractivity contribution in [2.24, 2.45) is 0 Å². The predicted molar refractivity (Wildman–Crippen MR) is 103 cm³/mol. The highest BCUT2D eigenvalue weighted by Gasteiger charge is 2.37. The van der Waals surface area contributed by atoms with Gasteiger partial charge in [-0.3, -0.25) is 9.59 Å². The summed E-state index contributed by atoms with van der Waals surface area (Å²) in [4.78, 5) is 27.1. The van der Waals surface area contributed by atoms with E-state index in [1.807, 2.05) is 0 Å². The van der Waals surface area contributed by atoms with Crippen molar-refractivity contribution in [2.75, 3.05) is 30.0 Å². The number of ether oxygens (including phenoxy) is 1. The van der Waals surface area contributed by atoms with Gasteiger partial charge in [-0.15, -0.1) is 0 Å². The van der Waals surface area contributed by atoms with Crippen LogP contribution in [0.2, 0.25) is 0 Å². The highest BCUT2D eigenvalue weighted by atomic mass is 19.4. The Morgan fingerprint density at radius 1 is 0.970 bits per heavy atom. The lowest BCUT2D eigenvalue weighted by Crippen LogP contribution is -2.46. The Hall–Kier alpha value is -3.31. The van der Waals surface area contributed by atoms with Crippen molar-refractivity contribution in [3.63, 3.8) is 0 Å². The second-order valence-corrected chi connectivity index (χ2v) is 7.26. The van der Waals surface area contributed by atoms with Crippen LogP contribution in [-0.2, 0) is 21.9 Å². The van der Waals surface area contributed by atoms with E-state index < -0.39 is 46.9 Å². The van der Waals surface area contributed by atoms with E-state index >= 15 is 0 Å². The summed E-state index contributed by atoms with van der Waals surface area (Å²) >= 11 is 0. The lowest BCUT2D eigenvalue weighted by atomic mass is 10.1. The van der Waals surface area contributed by atoms with Gasteiger partial charge in [0.2, 0.25) is 11.8 Å². The molecule has 0 saturated carbocycles. The third kappa shape index (κ3) is 5.55. The van der Waals surface area contributed by atoms with Crippen molar-refractivity contribution in [3.8, 4) is 5.75 Å². The summed E-state index contributed by atoms with van der Waals surface area (Å²) in [5, 5.41) is 0. The van der Waals surface area contributed by atoms with Crippen molar-refractivity contribution >= 4 is 23.2 Å². The first-order valence-corrected chi connectivity index (χ1v) is 9.56. The molecule has 0 bridgehead atoms. The quantitative estimate of drug-likeness (QED) is 0.448. The fourth-order valence-corrected chi connectivity index (χ4v) is 3.23. The molecule has 33 heavy (non-hydrogen) atoms. The minimum atomic E-state index is -5.00. The number of fused-ring (bicyclic) bond motifs is 1. The molecule has 0 spiro atoms. The lowest BCUT2D eigenvalue weighted by Gasteiger charge is -2.34. The van der Waals surface area contributed by atoms with Gasteiger partial charge in [0, 0.05) is 13.5 Å². The standard InChI is InChI=1S/C21H17F7N2O3/c1-29-17-10-14(22)4-5-16(17)30(11-19(29)32)18(31)3-2-6-33-15-8-12(20(23,24)25)7-13(9-15)21(26,27)28/h4-5,7-10H,2-3,6,11H2,1H3. The van der Waals surface area contributed by atoms with Crippen molar-refractivity contribution < 1.29 is 45.1 Å². The molecule has 12 heteroatoms. The number of halogens is 7. The number of likely N-dealkylation sites (N-methyl/N-ethyl adjacent to an activating group) is 1. The van der Waals surface area contributed by atoms with Crippen LogP contribution in [0.1, 0.15) is 24.0 Å². The van der Waals surface area contributed by atoms with E-state index in [-0.39, 0.29) is 37.7 Å². The molecule has 178 valence electrons. The van der Waals surface area contributed by atoms with Gasteiger partial charge in [-0.25, -0.2) is 4.39 Å². The Bertz CT molecular complexity index is 1030. The van der Waals surface area contributed by atoms with E-state index in [1.165, 1.54) is 18.0 Å². The van der Waals surface area contributed by atoms with Crippen LogP contribution in [0, 0.1) is 5.82 Å². The molecular formula is C21H17F7N2O3. The number of alkyl halides is 6. The number of hydrogen-bond donors (Lipinski definition) is 0. The van der Waals surface area contributed by atoms with Crippen LogP contribution in [-0.4, -0.2) is 32.0 Å². The van der Waals surface area contributed by atoms with Crippen molar-refractivity contribution in [1.82, 2.24) is 0 Å². The average molecular weight is 478 g/mol. The highest BCUT2D eigenvalue weighted by molar-refractivity contribution is 6.10. The minimum Gasteiger partial charge on any atom is -0.494 e. The molecule has 2 aromatic carbocycles. The zero-order chi connectivity index (χ0) is 24.6. The number of carbonyl (C=O) groups excluding carboxylic acids is 2. The number of rotatable bonds is 5. The van der Waals surface area contributed by atoms with Crippen LogP contribution < -0.4 is 14.5 Å². The van der Waals surface area contributed by atoms with Crippen LogP contribution in [0.4, 0.5) is 42.1 Å². The Morgan fingerprint density at radius 3 is 2.15 bits per heavy atom. The molecular weight excluding hydrogens is 461 g/mol. The Morgan fingerprint density at radius 2 is 1.58 bits per heavy atom. The van der Waals surface area contributed by atoms with E-state index in [0.29, 0.717) is 17.8 Å². The van der Waals surface area contributed by atoms with Crippen molar-refractivity contribution in [1.29, 1.82) is 0 Å². The molecule has 1 aliphatic heterocycles. The van der Waals surface area contributed by atoms with Gasteiger partial charge in [-0.05, 0) is 42.8 Å². The summed E-state index contributed by atoms with van der Waals surface area (Å²) in [6, 6.07) is 4.44. The first kappa shape index (κ1) is 24.3. The number of anilines is 2. The van der Waals surface area contributed by atoms with E-state index in [0.717, 1.165) is 17.0 Å². The molecule has 0 radical (unpaired) electrons. The van der Waals surface area contributed by atoms with E-state index in [9.17, 15) is 40.3 Å². The molecule has 0 fully saturated rings. The first-order chi connectivity index (χ1) is 15.3. The molecule has 0 N–H and O–H groups in total. The Kier molecular flexibility index (Phi) is 6.57. The van der Waals surface area contributed by atoms with Gasteiger partial charge in [-0.2, -0.15) is 26.3 Å². The summed E-state index contributed by atoms with van der Waals surface area (Å²) in [5.74, 6) is -2.23. The van der Waals surface area contributed by atoms with Crippen molar-refractivity contribution in [3.05, 3.63) is 53.3 Å². The number of hydrogen-bond acceptors (Lipinski definition) is 3. The molecule has 0 saturated heterocycles. The second kappa shape index (κ2) is 8.91. The van der Waals surface area contributed by atoms with Gasteiger partial charge in [0.05, 0.1) is 29.1 Å². The largest absolute Gasteiger partial charge is 0.494 e. The van der Waals surface area contributed by atoms with E-state index in [1.54, 1.807) is 0 Å². The summed E-state index contributed by atoms with van der Waals surface area (Å²) in [5.41, 5.74) is -2.53. The van der Waals surface area contributed by atoms with E-state index in [2.05, 4.69) is 0 Å². The fourth-order valence-electron chi connectivity index (χ4n) is 3.23. The molecule has 3 rings (SSSR count). The fraction of sp³-hybridized carbons (Fsp3) is 0.333. The third-order valence-corrected chi connectivity index (χ3v) is 4.92. The zero-order valence-electron chi connectivity index (χ0n) is 17.1. The zero-order valence-corrected chi connectivity index (χ0v) is 17.1. The normalized spacial score (nSPS) is 14.4. The molecule has 0 aliphatic carbocycles. The Balaban J connectivity index is 1.67. The van der Waals surface area contributed by atoms with Crippen LogP contribution in [0.3, 0.4) is 0 Å². The molecule has 1 aliphatic rings. The monoisotopic (exact) mass is 478 g/mol. The van der Waals surface area contributed by atoms with Gasteiger partial charge >= 0.3 is 12.4 Å².